The molecule has 0 heterocycles. The Morgan fingerprint density at radius 2 is 1.90 bits per heavy atom. The lowest BCUT2D eigenvalue weighted by molar-refractivity contribution is 0.332. The van der Waals surface area contributed by atoms with Gasteiger partial charge in [0.25, 0.3) is 0 Å². The number of aryl methyl sites for hydroxylation is 1. The number of hydrogen-bond acceptors (Lipinski definition) is 3. The summed E-state index contributed by atoms with van der Waals surface area (Å²) in [5.74, 6) is 1.61. The minimum atomic E-state index is 0.578. The van der Waals surface area contributed by atoms with Crippen LogP contribution in [-0.4, -0.2) is 20.3 Å². The van der Waals surface area contributed by atoms with Gasteiger partial charge >= 0.3 is 0 Å². The lowest BCUT2D eigenvalue weighted by atomic mass is 10.2. The molecule has 4 heteroatoms. The van der Waals surface area contributed by atoms with E-state index in [9.17, 15) is 0 Å². The fraction of sp³-hybridized carbons (Fsp3) is 0.250. The van der Waals surface area contributed by atoms with Crippen molar-refractivity contribution in [2.45, 2.75) is 6.92 Å². The third-order valence-electron chi connectivity index (χ3n) is 2.91. The van der Waals surface area contributed by atoms with Crippen LogP contribution in [0.15, 0.2) is 42.5 Å². The lowest BCUT2D eigenvalue weighted by Gasteiger charge is -2.13. The summed E-state index contributed by atoms with van der Waals surface area (Å²) in [6.07, 6.45) is 0. The van der Waals surface area contributed by atoms with Gasteiger partial charge in [0.1, 0.15) is 18.1 Å². The first-order valence-electron chi connectivity index (χ1n) is 6.46. The fourth-order valence-electron chi connectivity index (χ4n) is 1.84. The molecule has 2 rings (SSSR count). The van der Waals surface area contributed by atoms with E-state index in [0.29, 0.717) is 18.2 Å². The molecule has 0 bridgehead atoms. The minimum Gasteiger partial charge on any atom is -0.495 e. The second-order valence-corrected chi connectivity index (χ2v) is 4.80. The van der Waals surface area contributed by atoms with E-state index < -0.39 is 0 Å². The molecule has 0 radical (unpaired) electrons. The molecule has 0 amide bonds. The Morgan fingerprint density at radius 3 is 2.60 bits per heavy atom. The van der Waals surface area contributed by atoms with Gasteiger partial charge in [0.2, 0.25) is 0 Å². The zero-order valence-electron chi connectivity index (χ0n) is 11.7. The summed E-state index contributed by atoms with van der Waals surface area (Å²) >= 11 is 6.07. The van der Waals surface area contributed by atoms with Crippen molar-refractivity contribution in [1.29, 1.82) is 0 Å². The summed E-state index contributed by atoms with van der Waals surface area (Å²) in [5.41, 5.74) is 1.94. The molecule has 2 aromatic rings. The van der Waals surface area contributed by atoms with Gasteiger partial charge in [-0.1, -0.05) is 29.8 Å². The number of benzene rings is 2. The first-order valence-corrected chi connectivity index (χ1v) is 6.84. The normalized spacial score (nSPS) is 10.2. The Morgan fingerprint density at radius 1 is 1.15 bits per heavy atom. The van der Waals surface area contributed by atoms with E-state index in [0.717, 1.165) is 22.7 Å². The topological polar surface area (TPSA) is 30.5 Å². The second kappa shape index (κ2) is 7.06. The maximum Gasteiger partial charge on any atom is 0.143 e. The number of halogens is 1. The van der Waals surface area contributed by atoms with Gasteiger partial charge < -0.3 is 14.8 Å². The molecule has 0 aliphatic rings. The van der Waals surface area contributed by atoms with Crippen molar-refractivity contribution in [1.82, 2.24) is 0 Å². The number of ether oxygens (including phenoxy) is 2. The van der Waals surface area contributed by atoms with Gasteiger partial charge in [-0.25, -0.2) is 0 Å². The van der Waals surface area contributed by atoms with Crippen LogP contribution in [0.2, 0.25) is 5.02 Å². The van der Waals surface area contributed by atoms with Gasteiger partial charge in [-0.2, -0.15) is 0 Å². The van der Waals surface area contributed by atoms with E-state index in [1.54, 1.807) is 7.11 Å². The van der Waals surface area contributed by atoms with E-state index in [2.05, 4.69) is 5.32 Å². The molecule has 0 saturated heterocycles. The average Bonchev–Trinajstić information content (AvgIpc) is 2.48. The van der Waals surface area contributed by atoms with Crippen molar-refractivity contribution in [3.8, 4) is 11.5 Å². The molecule has 0 atom stereocenters. The molecular weight excluding hydrogens is 274 g/mol. The molecule has 0 aliphatic carbocycles. The zero-order chi connectivity index (χ0) is 14.4. The van der Waals surface area contributed by atoms with E-state index in [1.807, 2.05) is 49.4 Å². The Bertz CT molecular complexity index is 558. The lowest BCUT2D eigenvalue weighted by Crippen LogP contribution is -2.12. The summed E-state index contributed by atoms with van der Waals surface area (Å²) in [7, 11) is 1.63. The van der Waals surface area contributed by atoms with Crippen LogP contribution in [0.25, 0.3) is 0 Å². The number of methoxy groups -OCH3 is 1. The highest BCUT2D eigenvalue weighted by atomic mass is 35.5. The SMILES string of the molecule is COc1cc(Cl)c(C)cc1NCCOc1ccccc1. The van der Waals surface area contributed by atoms with Crippen LogP contribution in [0.1, 0.15) is 5.56 Å². The number of para-hydroxylation sites is 1. The quantitative estimate of drug-likeness (QED) is 0.811. The third-order valence-corrected chi connectivity index (χ3v) is 3.32. The van der Waals surface area contributed by atoms with E-state index in [1.165, 1.54) is 0 Å². The number of anilines is 1. The van der Waals surface area contributed by atoms with Crippen LogP contribution >= 0.6 is 11.6 Å². The Balaban J connectivity index is 1.89. The molecule has 0 aliphatic heterocycles. The molecule has 0 unspecified atom stereocenters. The molecule has 0 saturated carbocycles. The maximum atomic E-state index is 6.07. The molecule has 1 N–H and O–H groups in total. The fourth-order valence-corrected chi connectivity index (χ4v) is 2.00. The van der Waals surface area contributed by atoms with Crippen LogP contribution in [0.4, 0.5) is 5.69 Å². The molecule has 0 aromatic heterocycles. The van der Waals surface area contributed by atoms with Gasteiger partial charge in [0.05, 0.1) is 12.8 Å². The van der Waals surface area contributed by atoms with Gasteiger partial charge in [0.15, 0.2) is 0 Å². The minimum absolute atomic E-state index is 0.578. The summed E-state index contributed by atoms with van der Waals surface area (Å²) in [6, 6.07) is 13.5. The first-order chi connectivity index (χ1) is 9.70. The Hall–Kier alpha value is -1.87. The molecule has 2 aromatic carbocycles. The van der Waals surface area contributed by atoms with Crippen molar-refractivity contribution >= 4 is 17.3 Å². The number of rotatable bonds is 6. The van der Waals surface area contributed by atoms with Crippen LogP contribution in [0.3, 0.4) is 0 Å². The third kappa shape index (κ3) is 3.81. The Kier molecular flexibility index (Phi) is 5.13. The highest BCUT2D eigenvalue weighted by Gasteiger charge is 2.06. The van der Waals surface area contributed by atoms with Crippen molar-refractivity contribution in [2.75, 3.05) is 25.6 Å². The summed E-state index contributed by atoms with van der Waals surface area (Å²) in [4.78, 5) is 0. The van der Waals surface area contributed by atoms with Crippen LogP contribution in [0.5, 0.6) is 11.5 Å². The van der Waals surface area contributed by atoms with Crippen molar-refractivity contribution in [3.05, 3.63) is 53.1 Å². The second-order valence-electron chi connectivity index (χ2n) is 4.39. The van der Waals surface area contributed by atoms with Gasteiger partial charge in [0, 0.05) is 17.6 Å². The van der Waals surface area contributed by atoms with E-state index >= 15 is 0 Å². The zero-order valence-corrected chi connectivity index (χ0v) is 12.4. The molecule has 0 fully saturated rings. The maximum absolute atomic E-state index is 6.07. The van der Waals surface area contributed by atoms with Crippen molar-refractivity contribution in [2.24, 2.45) is 0 Å². The highest BCUT2D eigenvalue weighted by Crippen LogP contribution is 2.30. The summed E-state index contributed by atoms with van der Waals surface area (Å²) in [5, 5.41) is 4.00. The highest BCUT2D eigenvalue weighted by molar-refractivity contribution is 6.31. The number of hydrogen-bond donors (Lipinski definition) is 1. The summed E-state index contributed by atoms with van der Waals surface area (Å²) < 4.78 is 10.9. The van der Waals surface area contributed by atoms with Gasteiger partial charge in [-0.15, -0.1) is 0 Å². The van der Waals surface area contributed by atoms with Gasteiger partial charge in [-0.3, -0.25) is 0 Å². The van der Waals surface area contributed by atoms with E-state index in [-0.39, 0.29) is 0 Å². The van der Waals surface area contributed by atoms with Crippen LogP contribution in [-0.2, 0) is 0 Å². The van der Waals surface area contributed by atoms with Crippen molar-refractivity contribution in [3.63, 3.8) is 0 Å². The first kappa shape index (κ1) is 14.5. The molecule has 106 valence electrons. The number of nitrogens with one attached hydrogen (secondary N) is 1. The Labute approximate surface area is 124 Å². The van der Waals surface area contributed by atoms with Crippen LogP contribution < -0.4 is 14.8 Å². The molecule has 3 nitrogen and oxygen atoms in total. The van der Waals surface area contributed by atoms with Gasteiger partial charge in [-0.05, 0) is 30.7 Å². The molecular formula is C16H18ClNO2. The van der Waals surface area contributed by atoms with Crippen LogP contribution in [0, 0.1) is 6.92 Å². The molecule has 0 spiro atoms. The largest absolute Gasteiger partial charge is 0.495 e. The predicted octanol–water partition coefficient (Wildman–Crippen LogP) is 4.15. The van der Waals surface area contributed by atoms with E-state index in [4.69, 9.17) is 21.1 Å². The summed E-state index contributed by atoms with van der Waals surface area (Å²) in [6.45, 7) is 3.23. The monoisotopic (exact) mass is 291 g/mol. The predicted molar refractivity (Wildman–Crippen MR) is 83.2 cm³/mol. The molecule has 20 heavy (non-hydrogen) atoms. The smallest absolute Gasteiger partial charge is 0.143 e. The standard InChI is InChI=1S/C16H18ClNO2/c1-12-10-15(16(19-2)11-14(12)17)18-8-9-20-13-6-4-3-5-7-13/h3-7,10-11,18H,8-9H2,1-2H3. The average molecular weight is 292 g/mol. The van der Waals surface area contributed by atoms with Crippen molar-refractivity contribution < 1.29 is 9.47 Å².